The molecule has 0 aliphatic carbocycles. The standard InChI is InChI=1S/C20H17N5O5S/c1-12(21-17(27)11-4-13-2-9-16(26)10-3-13)18(28)22-20-24-23-19(31-20)14-5-7-15(8-6-14)25(29)30/h2-12,26H,1H3,(H,21,27)(H,22,24,28)/b11-4+/t12-/m1/s1. The van der Waals surface area contributed by atoms with Gasteiger partial charge in [0.05, 0.1) is 4.92 Å². The first-order chi connectivity index (χ1) is 14.8. The van der Waals surface area contributed by atoms with Gasteiger partial charge in [-0.1, -0.05) is 23.5 Å². The lowest BCUT2D eigenvalue weighted by molar-refractivity contribution is -0.384. The lowest BCUT2D eigenvalue weighted by Crippen LogP contribution is -2.40. The smallest absolute Gasteiger partial charge is 0.269 e. The fourth-order valence-corrected chi connectivity index (χ4v) is 3.17. The second kappa shape index (κ2) is 9.59. The van der Waals surface area contributed by atoms with Gasteiger partial charge < -0.3 is 10.4 Å². The van der Waals surface area contributed by atoms with Crippen LogP contribution >= 0.6 is 11.3 Å². The Morgan fingerprint density at radius 3 is 2.45 bits per heavy atom. The predicted molar refractivity (Wildman–Crippen MR) is 115 cm³/mol. The summed E-state index contributed by atoms with van der Waals surface area (Å²) in [5.74, 6) is -0.808. The van der Waals surface area contributed by atoms with Crippen molar-refractivity contribution in [3.63, 3.8) is 0 Å². The van der Waals surface area contributed by atoms with Gasteiger partial charge >= 0.3 is 0 Å². The van der Waals surface area contributed by atoms with E-state index in [0.717, 1.165) is 16.9 Å². The van der Waals surface area contributed by atoms with Crippen molar-refractivity contribution in [3.8, 4) is 16.3 Å². The maximum Gasteiger partial charge on any atom is 0.269 e. The van der Waals surface area contributed by atoms with E-state index in [1.807, 2.05) is 0 Å². The molecule has 2 amide bonds. The Morgan fingerprint density at radius 1 is 1.13 bits per heavy atom. The number of hydrogen-bond donors (Lipinski definition) is 3. The Morgan fingerprint density at radius 2 is 1.81 bits per heavy atom. The molecule has 1 heterocycles. The van der Waals surface area contributed by atoms with Crippen molar-refractivity contribution >= 4 is 40.0 Å². The average molecular weight is 439 g/mol. The summed E-state index contributed by atoms with van der Waals surface area (Å²) in [5, 5.41) is 33.7. The molecule has 0 fully saturated rings. The molecule has 158 valence electrons. The highest BCUT2D eigenvalue weighted by molar-refractivity contribution is 7.18. The Bertz CT molecular complexity index is 1130. The molecule has 10 nitrogen and oxygen atoms in total. The van der Waals surface area contributed by atoms with Crippen LogP contribution in [-0.4, -0.2) is 38.1 Å². The number of aromatic hydroxyl groups is 1. The second-order valence-corrected chi connectivity index (χ2v) is 7.34. The molecular weight excluding hydrogens is 422 g/mol. The number of carbonyl (C=O) groups is 2. The van der Waals surface area contributed by atoms with Crippen LogP contribution in [0.15, 0.2) is 54.6 Å². The third-order valence-electron chi connectivity index (χ3n) is 4.05. The molecule has 3 aromatic rings. The lowest BCUT2D eigenvalue weighted by atomic mass is 10.2. The summed E-state index contributed by atoms with van der Waals surface area (Å²) >= 11 is 1.10. The highest BCUT2D eigenvalue weighted by atomic mass is 32.1. The minimum atomic E-state index is -0.830. The van der Waals surface area contributed by atoms with Gasteiger partial charge in [-0.15, -0.1) is 10.2 Å². The molecule has 0 saturated heterocycles. The summed E-state index contributed by atoms with van der Waals surface area (Å²) < 4.78 is 0. The fraction of sp³-hybridized carbons (Fsp3) is 0.100. The largest absolute Gasteiger partial charge is 0.508 e. The van der Waals surface area contributed by atoms with Crippen molar-refractivity contribution < 1.29 is 19.6 Å². The van der Waals surface area contributed by atoms with Gasteiger partial charge in [0.15, 0.2) is 0 Å². The van der Waals surface area contributed by atoms with Crippen LogP contribution in [0.25, 0.3) is 16.6 Å². The molecule has 1 aromatic heterocycles. The molecule has 0 saturated carbocycles. The topological polar surface area (TPSA) is 147 Å². The van der Waals surface area contributed by atoms with Gasteiger partial charge in [0.1, 0.15) is 16.8 Å². The monoisotopic (exact) mass is 439 g/mol. The van der Waals surface area contributed by atoms with Crippen molar-refractivity contribution in [2.45, 2.75) is 13.0 Å². The van der Waals surface area contributed by atoms with Crippen LogP contribution in [0, 0.1) is 10.1 Å². The van der Waals surface area contributed by atoms with E-state index >= 15 is 0 Å². The maximum atomic E-state index is 12.3. The molecule has 0 spiro atoms. The Kier molecular flexibility index (Phi) is 6.67. The lowest BCUT2D eigenvalue weighted by Gasteiger charge is -2.11. The third-order valence-corrected chi connectivity index (χ3v) is 4.94. The molecule has 2 aromatic carbocycles. The fourth-order valence-electron chi connectivity index (χ4n) is 2.41. The van der Waals surface area contributed by atoms with Crippen LogP contribution in [0.4, 0.5) is 10.8 Å². The van der Waals surface area contributed by atoms with Gasteiger partial charge in [-0.2, -0.15) is 0 Å². The summed E-state index contributed by atoms with van der Waals surface area (Å²) in [6.45, 7) is 1.53. The first-order valence-corrected chi connectivity index (χ1v) is 9.80. The molecule has 0 unspecified atom stereocenters. The van der Waals surface area contributed by atoms with Crippen molar-refractivity contribution in [3.05, 3.63) is 70.3 Å². The van der Waals surface area contributed by atoms with E-state index in [2.05, 4.69) is 20.8 Å². The zero-order valence-corrected chi connectivity index (χ0v) is 17.0. The number of benzene rings is 2. The Labute approximate surface area is 180 Å². The minimum absolute atomic E-state index is 0.0363. The number of non-ortho nitro benzene ring substituents is 1. The summed E-state index contributed by atoms with van der Waals surface area (Å²) in [6, 6.07) is 11.3. The summed E-state index contributed by atoms with van der Waals surface area (Å²) in [4.78, 5) is 34.6. The number of nitrogens with zero attached hydrogens (tertiary/aromatic N) is 3. The highest BCUT2D eigenvalue weighted by Crippen LogP contribution is 2.27. The van der Waals surface area contributed by atoms with Crippen molar-refractivity contribution in [1.29, 1.82) is 0 Å². The van der Waals surface area contributed by atoms with Gasteiger partial charge in [-0.25, -0.2) is 0 Å². The number of amides is 2. The Balaban J connectivity index is 1.55. The molecule has 1 atom stereocenters. The number of anilines is 1. The van der Waals surface area contributed by atoms with Crippen molar-refractivity contribution in [2.24, 2.45) is 0 Å². The number of aromatic nitrogens is 2. The summed E-state index contributed by atoms with van der Waals surface area (Å²) in [5.41, 5.74) is 1.31. The summed E-state index contributed by atoms with van der Waals surface area (Å²) in [7, 11) is 0. The molecule has 11 heteroatoms. The zero-order valence-electron chi connectivity index (χ0n) is 16.2. The van der Waals surface area contributed by atoms with Gasteiger partial charge in [0, 0.05) is 23.8 Å². The first kappa shape index (κ1) is 21.6. The van der Waals surface area contributed by atoms with E-state index in [1.54, 1.807) is 30.3 Å². The van der Waals surface area contributed by atoms with E-state index in [9.17, 15) is 24.8 Å². The van der Waals surface area contributed by atoms with E-state index in [-0.39, 0.29) is 16.6 Å². The SMILES string of the molecule is C[C@@H](NC(=O)/C=C/c1ccc(O)cc1)C(=O)Nc1nnc(-c2ccc([N+](=O)[O-])cc2)s1. The van der Waals surface area contributed by atoms with Crippen LogP contribution in [0.2, 0.25) is 0 Å². The number of nitro groups is 1. The third kappa shape index (κ3) is 5.93. The highest BCUT2D eigenvalue weighted by Gasteiger charge is 2.17. The van der Waals surface area contributed by atoms with Crippen molar-refractivity contribution in [2.75, 3.05) is 5.32 Å². The van der Waals surface area contributed by atoms with Crippen LogP contribution in [0.1, 0.15) is 12.5 Å². The zero-order chi connectivity index (χ0) is 22.4. The van der Waals surface area contributed by atoms with Gasteiger partial charge in [-0.3, -0.25) is 25.0 Å². The molecule has 3 N–H and O–H groups in total. The van der Waals surface area contributed by atoms with Crippen LogP contribution in [0.3, 0.4) is 0 Å². The number of nitro benzene ring substituents is 1. The van der Waals surface area contributed by atoms with E-state index in [1.165, 1.54) is 37.3 Å². The quantitative estimate of drug-likeness (QED) is 0.291. The molecular formula is C20H17N5O5S. The molecule has 0 aliphatic rings. The van der Waals surface area contributed by atoms with E-state index in [4.69, 9.17) is 0 Å². The number of rotatable bonds is 7. The van der Waals surface area contributed by atoms with Gasteiger partial charge in [-0.05, 0) is 42.8 Å². The van der Waals surface area contributed by atoms with E-state index < -0.39 is 22.8 Å². The predicted octanol–water partition coefficient (Wildman–Crippen LogP) is 2.98. The van der Waals surface area contributed by atoms with Gasteiger partial charge in [0.2, 0.25) is 16.9 Å². The Hall–Kier alpha value is -4.12. The maximum absolute atomic E-state index is 12.3. The van der Waals surface area contributed by atoms with Crippen LogP contribution < -0.4 is 10.6 Å². The molecule has 0 radical (unpaired) electrons. The number of carbonyl (C=O) groups excluding carboxylic acids is 2. The molecule has 0 bridgehead atoms. The minimum Gasteiger partial charge on any atom is -0.508 e. The number of nitrogens with one attached hydrogen (secondary N) is 2. The van der Waals surface area contributed by atoms with E-state index in [0.29, 0.717) is 10.6 Å². The average Bonchev–Trinajstić information content (AvgIpc) is 3.21. The molecule has 31 heavy (non-hydrogen) atoms. The number of phenols is 1. The number of hydrogen-bond acceptors (Lipinski definition) is 8. The van der Waals surface area contributed by atoms with Gasteiger partial charge in [0.25, 0.3) is 5.69 Å². The van der Waals surface area contributed by atoms with Crippen molar-refractivity contribution in [1.82, 2.24) is 15.5 Å². The second-order valence-electron chi connectivity index (χ2n) is 6.36. The van der Waals surface area contributed by atoms with Crippen LogP contribution in [-0.2, 0) is 9.59 Å². The molecule has 0 aliphatic heterocycles. The molecule has 3 rings (SSSR count). The first-order valence-electron chi connectivity index (χ1n) is 8.98. The van der Waals surface area contributed by atoms with Crippen LogP contribution in [0.5, 0.6) is 5.75 Å². The number of phenolic OH excluding ortho intramolecular Hbond substituents is 1. The normalized spacial score (nSPS) is 11.8. The summed E-state index contributed by atoms with van der Waals surface area (Å²) in [6.07, 6.45) is 2.84.